The average Bonchev–Trinajstić information content (AvgIpc) is 2.39. The number of nitro benzene ring substituents is 1. The zero-order chi connectivity index (χ0) is 13.8. The summed E-state index contributed by atoms with van der Waals surface area (Å²) in [5.41, 5.74) is 5.93. The van der Waals surface area contributed by atoms with Crippen LogP contribution in [-0.2, 0) is 6.54 Å². The van der Waals surface area contributed by atoms with Crippen LogP contribution < -0.4 is 10.5 Å². The maximum atomic E-state index is 10.8. The Morgan fingerprint density at radius 1 is 1.37 bits per heavy atom. The second-order valence-corrected chi connectivity index (χ2v) is 3.99. The van der Waals surface area contributed by atoms with Crippen LogP contribution in [0.15, 0.2) is 30.6 Å². The number of halogens is 1. The van der Waals surface area contributed by atoms with Crippen LogP contribution in [0.4, 0.5) is 5.69 Å². The first-order chi connectivity index (χ1) is 9.10. The van der Waals surface area contributed by atoms with Crippen LogP contribution in [0.5, 0.6) is 11.8 Å². The molecule has 2 N–H and O–H groups in total. The van der Waals surface area contributed by atoms with Gasteiger partial charge in [-0.2, -0.15) is 0 Å². The predicted octanol–water partition coefficient (Wildman–Crippen LogP) is 2.29. The van der Waals surface area contributed by atoms with E-state index in [9.17, 15) is 10.1 Å². The lowest BCUT2D eigenvalue weighted by Crippen LogP contribution is -2.00. The van der Waals surface area contributed by atoms with Crippen molar-refractivity contribution in [2.45, 2.75) is 6.54 Å². The molecule has 0 spiro atoms. The highest BCUT2D eigenvalue weighted by Crippen LogP contribution is 2.32. The first-order valence-corrected chi connectivity index (χ1v) is 5.60. The summed E-state index contributed by atoms with van der Waals surface area (Å²) >= 11 is 5.78. The summed E-state index contributed by atoms with van der Waals surface area (Å²) in [4.78, 5) is 18.1. The van der Waals surface area contributed by atoms with Crippen LogP contribution in [0.25, 0.3) is 0 Å². The Morgan fingerprint density at radius 3 is 2.63 bits per heavy atom. The molecule has 0 amide bonds. The number of hydrogen-bond donors (Lipinski definition) is 1. The molecule has 0 bridgehead atoms. The fraction of sp³-hybridized carbons (Fsp3) is 0.0909. The third-order valence-electron chi connectivity index (χ3n) is 2.24. The smallest absolute Gasteiger partial charge is 0.322 e. The third-order valence-corrected chi connectivity index (χ3v) is 2.47. The highest BCUT2D eigenvalue weighted by atomic mass is 35.5. The molecule has 0 radical (unpaired) electrons. The van der Waals surface area contributed by atoms with Crippen molar-refractivity contribution in [1.29, 1.82) is 0 Å². The Bertz CT molecular complexity index is 603. The molecule has 0 aliphatic heterocycles. The van der Waals surface area contributed by atoms with E-state index in [4.69, 9.17) is 22.1 Å². The molecule has 1 aromatic carbocycles. The molecule has 0 aliphatic rings. The summed E-state index contributed by atoms with van der Waals surface area (Å²) < 4.78 is 5.26. The van der Waals surface area contributed by atoms with Gasteiger partial charge in [-0.25, -0.2) is 9.97 Å². The van der Waals surface area contributed by atoms with Crippen molar-refractivity contribution < 1.29 is 9.66 Å². The maximum absolute atomic E-state index is 10.8. The number of nitrogens with two attached hydrogens (primary N) is 1. The number of benzene rings is 1. The number of ether oxygens (including phenoxy) is 1. The molecule has 0 saturated carbocycles. The Hall–Kier alpha value is -2.25. The molecule has 0 saturated heterocycles. The summed E-state index contributed by atoms with van der Waals surface area (Å²) in [6.07, 6.45) is 2.97. The molecular formula is C11H9ClN4O3. The van der Waals surface area contributed by atoms with Gasteiger partial charge in [0.1, 0.15) is 0 Å². The number of rotatable bonds is 4. The van der Waals surface area contributed by atoms with Gasteiger partial charge in [0.25, 0.3) is 0 Å². The van der Waals surface area contributed by atoms with Crippen molar-refractivity contribution in [3.05, 3.63) is 51.3 Å². The van der Waals surface area contributed by atoms with Gasteiger partial charge in [-0.3, -0.25) is 10.1 Å². The van der Waals surface area contributed by atoms with E-state index >= 15 is 0 Å². The maximum Gasteiger partial charge on any atom is 0.322 e. The van der Waals surface area contributed by atoms with Crippen LogP contribution in [0.2, 0.25) is 5.02 Å². The summed E-state index contributed by atoms with van der Waals surface area (Å²) in [5.74, 6) is -0.0157. The first kappa shape index (κ1) is 13.2. The second kappa shape index (κ2) is 5.59. The summed E-state index contributed by atoms with van der Waals surface area (Å²) in [7, 11) is 0. The van der Waals surface area contributed by atoms with Crippen molar-refractivity contribution in [2.75, 3.05) is 0 Å². The van der Waals surface area contributed by atoms with Crippen molar-refractivity contribution in [3.63, 3.8) is 0 Å². The molecule has 19 heavy (non-hydrogen) atoms. The lowest BCUT2D eigenvalue weighted by atomic mass is 10.3. The largest absolute Gasteiger partial charge is 0.417 e. The van der Waals surface area contributed by atoms with Gasteiger partial charge in [0.15, 0.2) is 0 Å². The number of nitrogens with zero attached hydrogens (tertiary/aromatic N) is 3. The normalized spacial score (nSPS) is 10.2. The topological polar surface area (TPSA) is 104 Å². The Kier molecular flexibility index (Phi) is 3.88. The average molecular weight is 281 g/mol. The van der Waals surface area contributed by atoms with Crippen LogP contribution in [0, 0.1) is 10.1 Å². The second-order valence-electron chi connectivity index (χ2n) is 3.55. The number of nitro groups is 1. The summed E-state index contributed by atoms with van der Waals surface area (Å²) in [5, 5.41) is 11.2. The van der Waals surface area contributed by atoms with E-state index in [2.05, 4.69) is 9.97 Å². The third kappa shape index (κ3) is 3.15. The molecule has 98 valence electrons. The van der Waals surface area contributed by atoms with Gasteiger partial charge < -0.3 is 10.5 Å². The van der Waals surface area contributed by atoms with Gasteiger partial charge in [-0.15, -0.1) is 0 Å². The van der Waals surface area contributed by atoms with Crippen molar-refractivity contribution in [3.8, 4) is 11.8 Å². The van der Waals surface area contributed by atoms with Crippen LogP contribution in [-0.4, -0.2) is 14.9 Å². The fourth-order valence-electron chi connectivity index (χ4n) is 1.32. The highest BCUT2D eigenvalue weighted by molar-refractivity contribution is 6.30. The lowest BCUT2D eigenvalue weighted by Gasteiger charge is -2.05. The first-order valence-electron chi connectivity index (χ1n) is 5.23. The molecule has 0 unspecified atom stereocenters. The van der Waals surface area contributed by atoms with E-state index in [0.29, 0.717) is 11.6 Å². The van der Waals surface area contributed by atoms with Gasteiger partial charge in [0.05, 0.1) is 4.92 Å². The van der Waals surface area contributed by atoms with Crippen molar-refractivity contribution >= 4 is 17.3 Å². The van der Waals surface area contributed by atoms with E-state index in [1.54, 1.807) is 0 Å². The van der Waals surface area contributed by atoms with Crippen LogP contribution in [0.1, 0.15) is 5.56 Å². The molecule has 0 aliphatic carbocycles. The number of aromatic nitrogens is 2. The van der Waals surface area contributed by atoms with Crippen LogP contribution in [0.3, 0.4) is 0 Å². The minimum absolute atomic E-state index is 0.0115. The summed E-state index contributed by atoms with van der Waals surface area (Å²) in [6.45, 7) is 0.303. The van der Waals surface area contributed by atoms with Gasteiger partial charge >= 0.3 is 11.7 Å². The molecule has 2 rings (SSSR count). The zero-order valence-electron chi connectivity index (χ0n) is 9.62. The standard InChI is InChI=1S/C11H9ClN4O3/c12-8-1-2-9(16(17)18)10(3-8)19-11-14-5-7(4-13)6-15-11/h1-3,5-6H,4,13H2. The molecule has 0 fully saturated rings. The molecule has 7 nitrogen and oxygen atoms in total. The lowest BCUT2D eigenvalue weighted by molar-refractivity contribution is -0.385. The van der Waals surface area contributed by atoms with E-state index in [1.807, 2.05) is 0 Å². The van der Waals surface area contributed by atoms with E-state index in [-0.39, 0.29) is 17.4 Å². The molecule has 2 aromatic rings. The SMILES string of the molecule is NCc1cnc(Oc2cc(Cl)ccc2[N+](=O)[O-])nc1. The Morgan fingerprint density at radius 2 is 2.05 bits per heavy atom. The minimum Gasteiger partial charge on any atom is -0.417 e. The Balaban J connectivity index is 2.31. The monoisotopic (exact) mass is 280 g/mol. The predicted molar refractivity (Wildman–Crippen MR) is 68.1 cm³/mol. The van der Waals surface area contributed by atoms with E-state index in [0.717, 1.165) is 5.56 Å². The van der Waals surface area contributed by atoms with Gasteiger partial charge in [-0.05, 0) is 6.07 Å². The van der Waals surface area contributed by atoms with Crippen LogP contribution >= 0.6 is 11.6 Å². The highest BCUT2D eigenvalue weighted by Gasteiger charge is 2.17. The molecular weight excluding hydrogens is 272 g/mol. The zero-order valence-corrected chi connectivity index (χ0v) is 10.4. The van der Waals surface area contributed by atoms with Gasteiger partial charge in [-0.1, -0.05) is 11.6 Å². The van der Waals surface area contributed by atoms with Crippen molar-refractivity contribution in [1.82, 2.24) is 9.97 Å². The molecule has 0 atom stereocenters. The Labute approximate surface area is 113 Å². The van der Waals surface area contributed by atoms with Crippen molar-refractivity contribution in [2.24, 2.45) is 5.73 Å². The minimum atomic E-state index is -0.570. The van der Waals surface area contributed by atoms with E-state index in [1.165, 1.54) is 30.6 Å². The van der Waals surface area contributed by atoms with E-state index < -0.39 is 4.92 Å². The number of hydrogen-bond acceptors (Lipinski definition) is 6. The summed E-state index contributed by atoms with van der Waals surface area (Å²) in [6, 6.07) is 3.99. The van der Waals surface area contributed by atoms with Gasteiger partial charge in [0, 0.05) is 41.7 Å². The quantitative estimate of drug-likeness (QED) is 0.680. The molecule has 1 aromatic heterocycles. The molecule has 1 heterocycles. The van der Waals surface area contributed by atoms with Gasteiger partial charge in [0.2, 0.25) is 5.75 Å². The fourth-order valence-corrected chi connectivity index (χ4v) is 1.48. The molecule has 8 heteroatoms.